The molecule has 0 bridgehead atoms. The Morgan fingerprint density at radius 1 is 1.38 bits per heavy atom. The summed E-state index contributed by atoms with van der Waals surface area (Å²) in [5.41, 5.74) is 5.17. The molecule has 0 saturated heterocycles. The standard InChI is InChI=1S/C7H14NO6PS/c8-4-15(13,16-14)3-5(7(11)12)1-2-6(9)10/h5,14H,1-4,8H2,(H,9,10)(H,11,12). The van der Waals surface area contributed by atoms with E-state index in [2.05, 4.69) is 0 Å². The van der Waals surface area contributed by atoms with Crippen LogP contribution in [-0.2, 0) is 14.2 Å². The van der Waals surface area contributed by atoms with E-state index in [1.807, 2.05) is 0 Å². The van der Waals surface area contributed by atoms with Crippen molar-refractivity contribution in [1.29, 1.82) is 0 Å². The second-order valence-electron chi connectivity index (χ2n) is 3.23. The fourth-order valence-electron chi connectivity index (χ4n) is 1.07. The van der Waals surface area contributed by atoms with Crippen molar-refractivity contribution in [1.82, 2.24) is 0 Å². The Morgan fingerprint density at radius 3 is 2.25 bits per heavy atom. The Labute approximate surface area is 96.3 Å². The van der Waals surface area contributed by atoms with Crippen molar-refractivity contribution < 1.29 is 28.9 Å². The highest BCUT2D eigenvalue weighted by molar-refractivity contribution is 8.55. The van der Waals surface area contributed by atoms with E-state index in [0.29, 0.717) is 0 Å². The molecule has 0 aliphatic rings. The van der Waals surface area contributed by atoms with E-state index in [1.54, 1.807) is 0 Å². The number of rotatable bonds is 8. The second-order valence-corrected chi connectivity index (χ2v) is 8.24. The molecule has 2 atom stereocenters. The lowest BCUT2D eigenvalue weighted by atomic mass is 10.1. The van der Waals surface area contributed by atoms with Gasteiger partial charge in [0.25, 0.3) is 0 Å². The average molecular weight is 271 g/mol. The molecule has 0 aromatic heterocycles. The normalized spacial score (nSPS) is 16.4. The number of hydrogen-bond acceptors (Lipinski definition) is 6. The Bertz CT molecular complexity index is 301. The van der Waals surface area contributed by atoms with Gasteiger partial charge in [0.15, 0.2) is 6.34 Å². The molecule has 0 saturated carbocycles. The van der Waals surface area contributed by atoms with Gasteiger partial charge in [-0.05, 0) is 6.42 Å². The molecule has 0 fully saturated rings. The van der Waals surface area contributed by atoms with Crippen molar-refractivity contribution in [3.63, 3.8) is 0 Å². The van der Waals surface area contributed by atoms with Gasteiger partial charge in [0.1, 0.15) is 0 Å². The van der Waals surface area contributed by atoms with Gasteiger partial charge in [-0.2, -0.15) is 0 Å². The van der Waals surface area contributed by atoms with Gasteiger partial charge in [-0.3, -0.25) is 9.59 Å². The van der Waals surface area contributed by atoms with Crippen LogP contribution < -0.4 is 5.73 Å². The summed E-state index contributed by atoms with van der Waals surface area (Å²) >= 11 is 0.0720. The SMILES string of the molecule is NCP(=O)(CC(CCC(=O)O)C(=O)O)SO. The Kier molecular flexibility index (Phi) is 6.66. The van der Waals surface area contributed by atoms with E-state index in [-0.39, 0.29) is 37.0 Å². The minimum atomic E-state index is -3.17. The zero-order chi connectivity index (χ0) is 12.8. The summed E-state index contributed by atoms with van der Waals surface area (Å²) in [6.45, 7) is 0. The largest absolute Gasteiger partial charge is 0.481 e. The van der Waals surface area contributed by atoms with E-state index in [1.165, 1.54) is 0 Å². The number of carboxylic acid groups (broad SMARTS) is 2. The monoisotopic (exact) mass is 271 g/mol. The van der Waals surface area contributed by atoms with E-state index in [9.17, 15) is 14.2 Å². The van der Waals surface area contributed by atoms with Crippen molar-refractivity contribution in [2.75, 3.05) is 12.4 Å². The Hall–Kier alpha value is -0.560. The van der Waals surface area contributed by atoms with Crippen molar-refractivity contribution in [3.05, 3.63) is 0 Å². The Balaban J connectivity index is 4.50. The van der Waals surface area contributed by atoms with Crippen LogP contribution in [0, 0.1) is 5.92 Å². The number of aliphatic carboxylic acids is 2. The predicted octanol–water partition coefficient (Wildman–Crippen LogP) is 0.952. The van der Waals surface area contributed by atoms with Crippen LogP contribution in [0.2, 0.25) is 0 Å². The third-order valence-electron chi connectivity index (χ3n) is 1.98. The van der Waals surface area contributed by atoms with Crippen molar-refractivity contribution in [2.45, 2.75) is 12.8 Å². The number of carboxylic acids is 2. The van der Waals surface area contributed by atoms with Crippen LogP contribution in [0.25, 0.3) is 0 Å². The molecule has 16 heavy (non-hydrogen) atoms. The molecule has 0 aromatic carbocycles. The fourth-order valence-corrected chi connectivity index (χ4v) is 3.30. The van der Waals surface area contributed by atoms with Crippen LogP contribution in [0.4, 0.5) is 0 Å². The maximum atomic E-state index is 11.7. The molecule has 0 radical (unpaired) electrons. The number of hydrogen-bond donors (Lipinski definition) is 4. The highest BCUT2D eigenvalue weighted by Crippen LogP contribution is 2.56. The summed E-state index contributed by atoms with van der Waals surface area (Å²) in [4.78, 5) is 21.1. The fraction of sp³-hybridized carbons (Fsp3) is 0.714. The summed E-state index contributed by atoms with van der Waals surface area (Å²) in [5.74, 6) is -3.42. The summed E-state index contributed by atoms with van der Waals surface area (Å²) in [5, 5.41) is 17.2. The molecule has 9 heteroatoms. The quantitative estimate of drug-likeness (QED) is 0.378. The van der Waals surface area contributed by atoms with Crippen LogP contribution in [0.1, 0.15) is 12.8 Å². The molecule has 5 N–H and O–H groups in total. The molecule has 0 spiro atoms. The third kappa shape index (κ3) is 5.50. The average Bonchev–Trinajstić information content (AvgIpc) is 2.23. The molecule has 0 rings (SSSR count). The van der Waals surface area contributed by atoms with Gasteiger partial charge < -0.3 is 25.1 Å². The molecule has 0 amide bonds. The van der Waals surface area contributed by atoms with Gasteiger partial charge in [-0.1, -0.05) is 0 Å². The summed E-state index contributed by atoms with van der Waals surface area (Å²) in [7, 11) is 0. The molecular weight excluding hydrogens is 257 g/mol. The molecular formula is C7H14NO6PS. The van der Waals surface area contributed by atoms with E-state index >= 15 is 0 Å². The van der Waals surface area contributed by atoms with Crippen LogP contribution in [-0.4, -0.2) is 39.2 Å². The Morgan fingerprint density at radius 2 is 1.94 bits per heavy atom. The van der Waals surface area contributed by atoms with Crippen LogP contribution >= 0.6 is 18.0 Å². The smallest absolute Gasteiger partial charge is 0.307 e. The van der Waals surface area contributed by atoms with Crippen LogP contribution in [0.3, 0.4) is 0 Å². The molecule has 0 aliphatic heterocycles. The van der Waals surface area contributed by atoms with Crippen molar-refractivity contribution in [2.24, 2.45) is 11.7 Å². The van der Waals surface area contributed by atoms with Gasteiger partial charge >= 0.3 is 11.9 Å². The molecule has 2 unspecified atom stereocenters. The van der Waals surface area contributed by atoms with E-state index in [0.717, 1.165) is 0 Å². The van der Waals surface area contributed by atoms with Crippen molar-refractivity contribution in [3.8, 4) is 0 Å². The minimum absolute atomic E-state index is 0.0720. The zero-order valence-electron chi connectivity index (χ0n) is 8.40. The summed E-state index contributed by atoms with van der Waals surface area (Å²) in [6.07, 6.45) is -4.24. The molecule has 0 aromatic rings. The lowest BCUT2D eigenvalue weighted by Gasteiger charge is -2.16. The lowest BCUT2D eigenvalue weighted by Crippen LogP contribution is -2.20. The highest BCUT2D eigenvalue weighted by Gasteiger charge is 2.30. The third-order valence-corrected chi connectivity index (χ3v) is 5.62. The van der Waals surface area contributed by atoms with Gasteiger partial charge in [0, 0.05) is 12.6 Å². The lowest BCUT2D eigenvalue weighted by molar-refractivity contribution is -0.142. The number of carbonyl (C=O) groups is 2. The molecule has 94 valence electrons. The van der Waals surface area contributed by atoms with Crippen LogP contribution in [0.5, 0.6) is 0 Å². The summed E-state index contributed by atoms with van der Waals surface area (Å²) in [6, 6.07) is 0. The molecule has 0 heterocycles. The van der Waals surface area contributed by atoms with E-state index in [4.69, 9.17) is 20.5 Å². The predicted molar refractivity (Wildman–Crippen MR) is 59.7 cm³/mol. The first-order chi connectivity index (χ1) is 7.34. The first-order valence-corrected chi connectivity index (χ1v) is 7.86. The maximum absolute atomic E-state index is 11.7. The van der Waals surface area contributed by atoms with Gasteiger partial charge in [0.05, 0.1) is 23.9 Å². The molecule has 0 aliphatic carbocycles. The van der Waals surface area contributed by atoms with Gasteiger partial charge in [-0.25, -0.2) is 0 Å². The van der Waals surface area contributed by atoms with Crippen molar-refractivity contribution >= 4 is 29.9 Å². The van der Waals surface area contributed by atoms with Gasteiger partial charge in [-0.15, -0.1) is 0 Å². The number of nitrogens with two attached hydrogens (primary N) is 1. The maximum Gasteiger partial charge on any atom is 0.307 e. The minimum Gasteiger partial charge on any atom is -0.481 e. The van der Waals surface area contributed by atoms with Gasteiger partial charge in [0.2, 0.25) is 0 Å². The first kappa shape index (κ1) is 15.4. The summed E-state index contributed by atoms with van der Waals surface area (Å²) < 4.78 is 20.4. The second kappa shape index (κ2) is 6.90. The van der Waals surface area contributed by atoms with E-state index < -0.39 is 24.2 Å². The topological polar surface area (TPSA) is 138 Å². The molecule has 7 nitrogen and oxygen atoms in total. The van der Waals surface area contributed by atoms with Crippen LogP contribution in [0.15, 0.2) is 0 Å². The first-order valence-electron chi connectivity index (χ1n) is 4.40. The zero-order valence-corrected chi connectivity index (χ0v) is 10.1. The highest BCUT2D eigenvalue weighted by atomic mass is 32.7.